The number of nitrogens with one attached hydrogen (secondary N) is 1. The highest BCUT2D eigenvalue weighted by Gasteiger charge is 2.20. The van der Waals surface area contributed by atoms with Gasteiger partial charge in [-0.05, 0) is 25.8 Å². The number of hydrogen-bond acceptors (Lipinski definition) is 3. The predicted molar refractivity (Wildman–Crippen MR) is 91.4 cm³/mol. The monoisotopic (exact) mass is 321 g/mol. The molecular weight excluding hydrogens is 294 g/mol. The topological polar surface area (TPSA) is 75.5 Å². The minimum atomic E-state index is -0.425. The summed E-state index contributed by atoms with van der Waals surface area (Å²) in [6, 6.07) is 6.13. The molecule has 6 nitrogen and oxygen atoms in total. The van der Waals surface area contributed by atoms with E-state index < -0.39 is 4.92 Å². The average molecular weight is 321 g/mol. The lowest BCUT2D eigenvalue weighted by molar-refractivity contribution is -0.384. The van der Waals surface area contributed by atoms with Crippen molar-refractivity contribution in [3.8, 4) is 0 Å². The zero-order valence-electron chi connectivity index (χ0n) is 14.4. The Balaban J connectivity index is 2.64. The first-order valence-electron chi connectivity index (χ1n) is 8.14. The molecule has 0 heterocycles. The number of nitrogens with zero attached hydrogens (tertiary/aromatic N) is 2. The number of nitro groups is 1. The van der Waals surface area contributed by atoms with Crippen LogP contribution in [0.3, 0.4) is 0 Å². The van der Waals surface area contributed by atoms with E-state index in [1.54, 1.807) is 24.1 Å². The fourth-order valence-electron chi connectivity index (χ4n) is 2.38. The van der Waals surface area contributed by atoms with Crippen molar-refractivity contribution in [2.45, 2.75) is 58.5 Å². The Morgan fingerprint density at radius 2 is 2.04 bits per heavy atom. The molecule has 2 amide bonds. The number of rotatable bonds is 8. The van der Waals surface area contributed by atoms with E-state index in [0.717, 1.165) is 24.8 Å². The minimum absolute atomic E-state index is 0.0380. The molecule has 0 saturated carbocycles. The SMILES string of the molecule is CCCCC[C@@H](C)NC(=O)N(C)[C@H](C)c1cccc([N+](=O)[O-])c1. The standard InChI is InChI=1S/C17H27N3O3/c1-5-6-7-9-13(2)18-17(21)19(4)14(3)15-10-8-11-16(12-15)20(22)23/h8,10-14H,5-7,9H2,1-4H3,(H,18,21)/t13-,14-/m1/s1. The van der Waals surface area contributed by atoms with Crippen LogP contribution in [0, 0.1) is 10.1 Å². The molecular formula is C17H27N3O3. The summed E-state index contributed by atoms with van der Waals surface area (Å²) >= 11 is 0. The molecule has 2 atom stereocenters. The van der Waals surface area contributed by atoms with Crippen LogP contribution < -0.4 is 5.32 Å². The van der Waals surface area contributed by atoms with Gasteiger partial charge < -0.3 is 10.2 Å². The Hall–Kier alpha value is -2.11. The number of amides is 2. The Kier molecular flexibility index (Phi) is 7.51. The predicted octanol–water partition coefficient (Wildman–Crippen LogP) is 4.27. The molecule has 1 N–H and O–H groups in total. The van der Waals surface area contributed by atoms with Crippen LogP contribution in [-0.2, 0) is 0 Å². The fraction of sp³-hybridized carbons (Fsp3) is 0.588. The summed E-state index contributed by atoms with van der Waals surface area (Å²) in [5, 5.41) is 13.8. The van der Waals surface area contributed by atoms with E-state index in [4.69, 9.17) is 0 Å². The zero-order valence-corrected chi connectivity index (χ0v) is 14.4. The molecule has 0 bridgehead atoms. The number of non-ortho nitro benzene ring substituents is 1. The first-order valence-corrected chi connectivity index (χ1v) is 8.14. The summed E-state index contributed by atoms with van der Waals surface area (Å²) in [5.74, 6) is 0. The van der Waals surface area contributed by atoms with Gasteiger partial charge in [-0.15, -0.1) is 0 Å². The van der Waals surface area contributed by atoms with Gasteiger partial charge in [0.15, 0.2) is 0 Å². The molecule has 6 heteroatoms. The van der Waals surface area contributed by atoms with Gasteiger partial charge in [0.2, 0.25) is 0 Å². The van der Waals surface area contributed by atoms with Crippen LogP contribution in [0.25, 0.3) is 0 Å². The van der Waals surface area contributed by atoms with E-state index in [-0.39, 0.29) is 23.8 Å². The van der Waals surface area contributed by atoms with Gasteiger partial charge in [0.25, 0.3) is 5.69 Å². The number of urea groups is 1. The maximum Gasteiger partial charge on any atom is 0.317 e. The summed E-state index contributed by atoms with van der Waals surface area (Å²) in [4.78, 5) is 24.3. The number of carbonyl (C=O) groups excluding carboxylic acids is 1. The lowest BCUT2D eigenvalue weighted by Gasteiger charge is -2.27. The Labute approximate surface area is 138 Å². The second kappa shape index (κ2) is 9.12. The quantitative estimate of drug-likeness (QED) is 0.441. The average Bonchev–Trinajstić information content (AvgIpc) is 2.53. The molecule has 0 unspecified atom stereocenters. The van der Waals surface area contributed by atoms with Crippen molar-refractivity contribution in [3.05, 3.63) is 39.9 Å². The molecule has 0 aliphatic carbocycles. The molecule has 0 saturated heterocycles. The van der Waals surface area contributed by atoms with Crippen LogP contribution in [0.15, 0.2) is 24.3 Å². The smallest absolute Gasteiger partial charge is 0.317 e. The van der Waals surface area contributed by atoms with Gasteiger partial charge in [0.05, 0.1) is 11.0 Å². The van der Waals surface area contributed by atoms with Crippen molar-refractivity contribution in [1.82, 2.24) is 10.2 Å². The number of carbonyl (C=O) groups is 1. The third-order valence-corrected chi connectivity index (χ3v) is 4.08. The molecule has 1 aromatic rings. The second-order valence-electron chi connectivity index (χ2n) is 5.99. The lowest BCUT2D eigenvalue weighted by atomic mass is 10.1. The zero-order chi connectivity index (χ0) is 17.4. The van der Waals surface area contributed by atoms with Crippen LogP contribution in [0.2, 0.25) is 0 Å². The summed E-state index contributed by atoms with van der Waals surface area (Å²) < 4.78 is 0. The normalized spacial score (nSPS) is 13.2. The van der Waals surface area contributed by atoms with E-state index in [1.807, 2.05) is 13.8 Å². The van der Waals surface area contributed by atoms with Crippen molar-refractivity contribution < 1.29 is 9.72 Å². The summed E-state index contributed by atoms with van der Waals surface area (Å²) in [5.41, 5.74) is 0.784. The van der Waals surface area contributed by atoms with Crippen LogP contribution in [0.5, 0.6) is 0 Å². The van der Waals surface area contributed by atoms with Gasteiger partial charge in [-0.25, -0.2) is 4.79 Å². The Bertz CT molecular complexity index is 534. The van der Waals surface area contributed by atoms with Gasteiger partial charge in [0.1, 0.15) is 0 Å². The molecule has 1 rings (SSSR count). The van der Waals surface area contributed by atoms with E-state index in [9.17, 15) is 14.9 Å². The van der Waals surface area contributed by atoms with Crippen molar-refractivity contribution in [2.75, 3.05) is 7.05 Å². The maximum absolute atomic E-state index is 12.3. The number of unbranched alkanes of at least 4 members (excludes halogenated alkanes) is 2. The van der Waals surface area contributed by atoms with Crippen molar-refractivity contribution in [2.24, 2.45) is 0 Å². The summed E-state index contributed by atoms with van der Waals surface area (Å²) in [7, 11) is 1.71. The van der Waals surface area contributed by atoms with Gasteiger partial charge in [0, 0.05) is 25.2 Å². The molecule has 0 radical (unpaired) electrons. The molecule has 0 aromatic heterocycles. The highest BCUT2D eigenvalue weighted by atomic mass is 16.6. The van der Waals surface area contributed by atoms with Gasteiger partial charge >= 0.3 is 6.03 Å². The van der Waals surface area contributed by atoms with E-state index >= 15 is 0 Å². The minimum Gasteiger partial charge on any atom is -0.336 e. The van der Waals surface area contributed by atoms with Crippen LogP contribution in [0.4, 0.5) is 10.5 Å². The third-order valence-electron chi connectivity index (χ3n) is 4.08. The maximum atomic E-state index is 12.3. The van der Waals surface area contributed by atoms with Gasteiger partial charge in [-0.3, -0.25) is 10.1 Å². The highest BCUT2D eigenvalue weighted by Crippen LogP contribution is 2.23. The second-order valence-corrected chi connectivity index (χ2v) is 5.99. The number of hydrogen-bond donors (Lipinski definition) is 1. The van der Waals surface area contributed by atoms with Crippen LogP contribution in [-0.4, -0.2) is 28.9 Å². The van der Waals surface area contributed by atoms with E-state index in [0.29, 0.717) is 0 Å². The largest absolute Gasteiger partial charge is 0.336 e. The first-order chi connectivity index (χ1) is 10.9. The molecule has 23 heavy (non-hydrogen) atoms. The third kappa shape index (κ3) is 5.88. The summed E-state index contributed by atoms with van der Waals surface area (Å²) in [6.07, 6.45) is 4.38. The van der Waals surface area contributed by atoms with Crippen LogP contribution >= 0.6 is 0 Å². The van der Waals surface area contributed by atoms with Gasteiger partial charge in [-0.2, -0.15) is 0 Å². The molecule has 0 aliphatic rings. The molecule has 0 spiro atoms. The van der Waals surface area contributed by atoms with E-state index in [1.165, 1.54) is 18.6 Å². The highest BCUT2D eigenvalue weighted by molar-refractivity contribution is 5.74. The van der Waals surface area contributed by atoms with E-state index in [2.05, 4.69) is 12.2 Å². The molecule has 1 aromatic carbocycles. The van der Waals surface area contributed by atoms with Crippen molar-refractivity contribution in [1.29, 1.82) is 0 Å². The first kappa shape index (κ1) is 18.9. The Morgan fingerprint density at radius 1 is 1.35 bits per heavy atom. The van der Waals surface area contributed by atoms with Crippen molar-refractivity contribution in [3.63, 3.8) is 0 Å². The van der Waals surface area contributed by atoms with Crippen molar-refractivity contribution >= 4 is 11.7 Å². The molecule has 0 aliphatic heterocycles. The molecule has 0 fully saturated rings. The Morgan fingerprint density at radius 3 is 2.65 bits per heavy atom. The fourth-order valence-corrected chi connectivity index (χ4v) is 2.38. The summed E-state index contributed by atoms with van der Waals surface area (Å²) in [6.45, 7) is 6.01. The lowest BCUT2D eigenvalue weighted by Crippen LogP contribution is -2.42. The number of nitro benzene ring substituents is 1. The number of benzene rings is 1. The van der Waals surface area contributed by atoms with Crippen LogP contribution in [0.1, 0.15) is 58.1 Å². The van der Waals surface area contributed by atoms with Gasteiger partial charge in [-0.1, -0.05) is 38.3 Å². The molecule has 128 valence electrons.